The Kier molecular flexibility index (Phi) is 3.05. The molecule has 2 atom stereocenters. The largest absolute Gasteiger partial charge is 0.433 e. The minimum absolute atomic E-state index is 0.204. The van der Waals surface area contributed by atoms with Crippen molar-refractivity contribution in [3.8, 4) is 0 Å². The van der Waals surface area contributed by atoms with E-state index in [0.717, 1.165) is 16.5 Å². The molecule has 106 valence electrons. The summed E-state index contributed by atoms with van der Waals surface area (Å²) < 4.78 is 11.1. The third-order valence-corrected chi connectivity index (χ3v) is 3.56. The Labute approximate surface area is 118 Å². The van der Waals surface area contributed by atoms with E-state index in [1.165, 1.54) is 0 Å². The smallest absolute Gasteiger partial charge is 0.338 e. The standard InChI is InChI=1S/C16H19NO3/c1-16(2,3)15-19-13(14(18)20-15)8-10-9-17-12-7-5-4-6-11(10)12/h4-7,9,13,15,17H,8H2,1-3H3. The highest BCUT2D eigenvalue weighted by Crippen LogP contribution is 2.31. The summed E-state index contributed by atoms with van der Waals surface area (Å²) in [5, 5.41) is 1.13. The molecule has 0 aliphatic carbocycles. The van der Waals surface area contributed by atoms with Crippen molar-refractivity contribution >= 4 is 16.9 Å². The Morgan fingerprint density at radius 2 is 2.00 bits per heavy atom. The number of hydrogen-bond donors (Lipinski definition) is 1. The lowest BCUT2D eigenvalue weighted by Crippen LogP contribution is -2.28. The molecule has 2 unspecified atom stereocenters. The molecule has 4 nitrogen and oxygen atoms in total. The number of fused-ring (bicyclic) bond motifs is 1. The number of ether oxygens (including phenoxy) is 2. The lowest BCUT2D eigenvalue weighted by atomic mass is 9.96. The van der Waals surface area contributed by atoms with Gasteiger partial charge in [-0.25, -0.2) is 4.79 Å². The lowest BCUT2D eigenvalue weighted by molar-refractivity contribution is -0.154. The van der Waals surface area contributed by atoms with Crippen LogP contribution in [0.5, 0.6) is 0 Å². The van der Waals surface area contributed by atoms with Crippen molar-refractivity contribution in [3.05, 3.63) is 36.0 Å². The van der Waals surface area contributed by atoms with Crippen LogP contribution in [-0.4, -0.2) is 23.3 Å². The first-order valence-electron chi connectivity index (χ1n) is 6.86. The molecular weight excluding hydrogens is 254 g/mol. The number of hydrogen-bond acceptors (Lipinski definition) is 3. The number of rotatable bonds is 2. The fourth-order valence-corrected chi connectivity index (χ4v) is 2.43. The zero-order valence-corrected chi connectivity index (χ0v) is 12.0. The van der Waals surface area contributed by atoms with E-state index < -0.39 is 12.4 Å². The first-order valence-corrected chi connectivity index (χ1v) is 6.86. The van der Waals surface area contributed by atoms with Gasteiger partial charge < -0.3 is 14.5 Å². The van der Waals surface area contributed by atoms with Gasteiger partial charge in [-0.1, -0.05) is 39.0 Å². The van der Waals surface area contributed by atoms with Crippen molar-refractivity contribution in [2.45, 2.75) is 39.6 Å². The number of benzene rings is 1. The first-order chi connectivity index (χ1) is 9.45. The quantitative estimate of drug-likeness (QED) is 0.856. The summed E-state index contributed by atoms with van der Waals surface area (Å²) in [6.07, 6.45) is 1.49. The number of aromatic nitrogens is 1. The molecule has 1 N–H and O–H groups in total. The van der Waals surface area contributed by atoms with Crippen molar-refractivity contribution in [1.29, 1.82) is 0 Å². The van der Waals surface area contributed by atoms with Crippen LogP contribution in [0.25, 0.3) is 10.9 Å². The van der Waals surface area contributed by atoms with Crippen LogP contribution >= 0.6 is 0 Å². The van der Waals surface area contributed by atoms with E-state index in [1.54, 1.807) is 0 Å². The van der Waals surface area contributed by atoms with E-state index in [-0.39, 0.29) is 11.4 Å². The lowest BCUT2D eigenvalue weighted by Gasteiger charge is -2.24. The highest BCUT2D eigenvalue weighted by molar-refractivity contribution is 5.84. The second-order valence-electron chi connectivity index (χ2n) is 6.32. The number of carbonyl (C=O) groups excluding carboxylic acids is 1. The van der Waals surface area contributed by atoms with Gasteiger partial charge in [-0.05, 0) is 11.6 Å². The van der Waals surface area contributed by atoms with Crippen LogP contribution in [-0.2, 0) is 20.7 Å². The molecule has 1 fully saturated rings. The predicted molar refractivity (Wildman–Crippen MR) is 76.2 cm³/mol. The Morgan fingerprint density at radius 3 is 2.70 bits per heavy atom. The molecule has 2 aromatic rings. The van der Waals surface area contributed by atoms with Gasteiger partial charge in [0.1, 0.15) is 0 Å². The Bertz CT molecular complexity index is 638. The fraction of sp³-hybridized carbons (Fsp3) is 0.438. The summed E-state index contributed by atoms with van der Waals surface area (Å²) >= 11 is 0. The van der Waals surface area contributed by atoms with Crippen molar-refractivity contribution in [2.24, 2.45) is 5.41 Å². The Balaban J connectivity index is 1.80. The Hall–Kier alpha value is -1.81. The third kappa shape index (κ3) is 2.31. The van der Waals surface area contributed by atoms with Gasteiger partial charge in [0.15, 0.2) is 6.10 Å². The topological polar surface area (TPSA) is 51.3 Å². The van der Waals surface area contributed by atoms with Gasteiger partial charge in [-0.15, -0.1) is 0 Å². The van der Waals surface area contributed by atoms with Gasteiger partial charge in [0.05, 0.1) is 0 Å². The molecule has 1 aliphatic heterocycles. The molecule has 1 aromatic carbocycles. The van der Waals surface area contributed by atoms with E-state index in [9.17, 15) is 4.79 Å². The number of aromatic amines is 1. The molecular formula is C16H19NO3. The molecule has 3 rings (SSSR count). The number of carbonyl (C=O) groups is 1. The highest BCUT2D eigenvalue weighted by Gasteiger charge is 2.41. The molecule has 0 radical (unpaired) electrons. The Morgan fingerprint density at radius 1 is 1.25 bits per heavy atom. The van der Waals surface area contributed by atoms with Crippen LogP contribution < -0.4 is 0 Å². The number of cyclic esters (lactones) is 1. The maximum absolute atomic E-state index is 11.9. The number of para-hydroxylation sites is 1. The minimum atomic E-state index is -0.515. The maximum Gasteiger partial charge on any atom is 0.338 e. The van der Waals surface area contributed by atoms with E-state index in [1.807, 2.05) is 51.2 Å². The molecule has 2 heterocycles. The summed E-state index contributed by atoms with van der Waals surface area (Å²) in [6.45, 7) is 6.00. The van der Waals surface area contributed by atoms with Crippen molar-refractivity contribution < 1.29 is 14.3 Å². The van der Waals surface area contributed by atoms with E-state index in [2.05, 4.69) is 4.98 Å². The maximum atomic E-state index is 11.9. The summed E-state index contributed by atoms with van der Waals surface area (Å²) in [5.41, 5.74) is 1.95. The van der Waals surface area contributed by atoms with Crippen molar-refractivity contribution in [2.75, 3.05) is 0 Å². The molecule has 0 amide bonds. The summed E-state index contributed by atoms with van der Waals surface area (Å²) in [4.78, 5) is 15.1. The summed E-state index contributed by atoms with van der Waals surface area (Å²) in [7, 11) is 0. The van der Waals surface area contributed by atoms with Crippen molar-refractivity contribution in [1.82, 2.24) is 4.98 Å². The van der Waals surface area contributed by atoms with Gasteiger partial charge >= 0.3 is 5.97 Å². The van der Waals surface area contributed by atoms with Gasteiger partial charge in [0, 0.05) is 28.9 Å². The average Bonchev–Trinajstić information content (AvgIpc) is 2.95. The summed E-state index contributed by atoms with van der Waals surface area (Å²) in [5.74, 6) is -0.268. The van der Waals surface area contributed by atoms with Crippen LogP contribution in [0, 0.1) is 5.41 Å². The highest BCUT2D eigenvalue weighted by atomic mass is 16.8. The molecule has 4 heteroatoms. The van der Waals surface area contributed by atoms with Gasteiger partial charge in [-0.3, -0.25) is 0 Å². The zero-order chi connectivity index (χ0) is 14.3. The second-order valence-corrected chi connectivity index (χ2v) is 6.32. The SMILES string of the molecule is CC(C)(C)C1OC(=O)C(Cc2c[nH]c3ccccc23)O1. The normalized spacial score (nSPS) is 23.2. The zero-order valence-electron chi connectivity index (χ0n) is 12.0. The number of esters is 1. The molecule has 1 saturated heterocycles. The van der Waals surface area contributed by atoms with Gasteiger partial charge in [0.2, 0.25) is 6.29 Å². The van der Waals surface area contributed by atoms with E-state index in [0.29, 0.717) is 6.42 Å². The third-order valence-electron chi connectivity index (χ3n) is 3.56. The molecule has 1 aromatic heterocycles. The minimum Gasteiger partial charge on any atom is -0.433 e. The molecule has 0 spiro atoms. The van der Waals surface area contributed by atoms with E-state index in [4.69, 9.17) is 9.47 Å². The van der Waals surface area contributed by atoms with Crippen LogP contribution in [0.3, 0.4) is 0 Å². The van der Waals surface area contributed by atoms with E-state index >= 15 is 0 Å². The van der Waals surface area contributed by atoms with Crippen LogP contribution in [0.2, 0.25) is 0 Å². The summed E-state index contributed by atoms with van der Waals surface area (Å²) in [6, 6.07) is 8.04. The van der Waals surface area contributed by atoms with Crippen LogP contribution in [0.4, 0.5) is 0 Å². The number of H-pyrrole nitrogens is 1. The predicted octanol–water partition coefficient (Wildman–Crippen LogP) is 3.02. The first kappa shape index (κ1) is 13.2. The monoisotopic (exact) mass is 273 g/mol. The number of nitrogens with one attached hydrogen (secondary N) is 1. The van der Waals surface area contributed by atoms with Gasteiger partial charge in [0.25, 0.3) is 0 Å². The van der Waals surface area contributed by atoms with Crippen LogP contribution in [0.15, 0.2) is 30.5 Å². The second kappa shape index (κ2) is 4.63. The average molecular weight is 273 g/mol. The molecule has 20 heavy (non-hydrogen) atoms. The fourth-order valence-electron chi connectivity index (χ4n) is 2.43. The van der Waals surface area contributed by atoms with Crippen LogP contribution in [0.1, 0.15) is 26.3 Å². The van der Waals surface area contributed by atoms with Gasteiger partial charge in [-0.2, -0.15) is 0 Å². The molecule has 0 bridgehead atoms. The van der Waals surface area contributed by atoms with Crippen molar-refractivity contribution in [3.63, 3.8) is 0 Å². The molecule has 1 aliphatic rings. The molecule has 0 saturated carbocycles.